The van der Waals surface area contributed by atoms with E-state index in [-0.39, 0.29) is 11.9 Å². The normalized spacial score (nSPS) is 20.4. The molecule has 1 aliphatic heterocycles. The predicted molar refractivity (Wildman–Crippen MR) is 62.3 cm³/mol. The Bertz CT molecular complexity index is 372. The van der Waals surface area contributed by atoms with E-state index in [0.29, 0.717) is 5.56 Å². The Labute approximate surface area is 95.5 Å². The maximum absolute atomic E-state index is 12.0. The lowest BCUT2D eigenvalue weighted by molar-refractivity contribution is 0.0929. The fourth-order valence-corrected chi connectivity index (χ4v) is 1.96. The van der Waals surface area contributed by atoms with Crippen LogP contribution in [0, 0.1) is 6.92 Å². The van der Waals surface area contributed by atoms with Crippen LogP contribution in [0.4, 0.5) is 0 Å². The average Bonchev–Trinajstić information content (AvgIpc) is 2.31. The Morgan fingerprint density at radius 2 is 2.50 bits per heavy atom. The second-order valence-electron chi connectivity index (χ2n) is 4.15. The van der Waals surface area contributed by atoms with Gasteiger partial charge < -0.3 is 10.6 Å². The van der Waals surface area contributed by atoms with Crippen LogP contribution >= 0.6 is 0 Å². The Morgan fingerprint density at radius 1 is 1.62 bits per heavy atom. The first-order valence-corrected chi connectivity index (χ1v) is 5.70. The molecule has 1 atom stereocenters. The lowest BCUT2D eigenvalue weighted by atomic mass is 10.1. The summed E-state index contributed by atoms with van der Waals surface area (Å²) in [5.41, 5.74) is 1.46. The number of aromatic nitrogens is 1. The summed E-state index contributed by atoms with van der Waals surface area (Å²) in [6.07, 6.45) is 3.88. The molecule has 1 amide bonds. The lowest BCUT2D eigenvalue weighted by Gasteiger charge is -2.23. The van der Waals surface area contributed by atoms with Gasteiger partial charge in [0.15, 0.2) is 0 Å². The highest BCUT2D eigenvalue weighted by Gasteiger charge is 2.17. The number of aryl methyl sites for hydroxylation is 1. The summed E-state index contributed by atoms with van der Waals surface area (Å²) in [6.45, 7) is 3.78. The fraction of sp³-hybridized carbons (Fsp3) is 0.500. The Kier molecular flexibility index (Phi) is 3.51. The summed E-state index contributed by atoms with van der Waals surface area (Å²) >= 11 is 0. The largest absolute Gasteiger partial charge is 0.348 e. The number of hydrogen-bond donors (Lipinski definition) is 2. The second-order valence-corrected chi connectivity index (χ2v) is 4.15. The summed E-state index contributed by atoms with van der Waals surface area (Å²) in [6, 6.07) is 3.86. The molecule has 2 heterocycles. The predicted octanol–water partition coefficient (Wildman–Crippen LogP) is 0.872. The van der Waals surface area contributed by atoms with E-state index in [1.54, 1.807) is 12.3 Å². The van der Waals surface area contributed by atoms with Crippen molar-refractivity contribution < 1.29 is 4.79 Å². The summed E-state index contributed by atoms with van der Waals surface area (Å²) in [5, 5.41) is 6.31. The molecule has 4 heteroatoms. The average molecular weight is 219 g/mol. The smallest absolute Gasteiger partial charge is 0.253 e. The SMILES string of the molecule is Cc1ncccc1C(=O)N[C@H]1CCCNC1. The van der Waals surface area contributed by atoms with Crippen molar-refractivity contribution >= 4 is 5.91 Å². The molecule has 0 aliphatic carbocycles. The van der Waals surface area contributed by atoms with Gasteiger partial charge in [0, 0.05) is 24.5 Å². The number of amides is 1. The van der Waals surface area contributed by atoms with Gasteiger partial charge in [0.05, 0.1) is 5.56 Å². The number of nitrogens with one attached hydrogen (secondary N) is 2. The van der Waals surface area contributed by atoms with Gasteiger partial charge >= 0.3 is 0 Å². The molecule has 1 fully saturated rings. The van der Waals surface area contributed by atoms with E-state index in [4.69, 9.17) is 0 Å². The van der Waals surface area contributed by atoms with Gasteiger partial charge in [-0.3, -0.25) is 9.78 Å². The molecule has 0 radical (unpaired) electrons. The summed E-state index contributed by atoms with van der Waals surface area (Å²) in [4.78, 5) is 16.1. The van der Waals surface area contributed by atoms with Gasteiger partial charge in [0.25, 0.3) is 5.91 Å². The van der Waals surface area contributed by atoms with Gasteiger partial charge in [-0.2, -0.15) is 0 Å². The highest BCUT2D eigenvalue weighted by molar-refractivity contribution is 5.95. The number of rotatable bonds is 2. The van der Waals surface area contributed by atoms with Crippen LogP contribution in [0.3, 0.4) is 0 Å². The molecule has 0 bridgehead atoms. The first-order chi connectivity index (χ1) is 7.77. The quantitative estimate of drug-likeness (QED) is 0.776. The number of carbonyl (C=O) groups is 1. The first-order valence-electron chi connectivity index (χ1n) is 5.70. The minimum absolute atomic E-state index is 0.0145. The van der Waals surface area contributed by atoms with Crippen LogP contribution in [0.5, 0.6) is 0 Å². The molecule has 1 aromatic heterocycles. The van der Waals surface area contributed by atoms with Crippen molar-refractivity contribution in [2.45, 2.75) is 25.8 Å². The maximum Gasteiger partial charge on any atom is 0.253 e. The van der Waals surface area contributed by atoms with Gasteiger partial charge in [-0.25, -0.2) is 0 Å². The van der Waals surface area contributed by atoms with Crippen molar-refractivity contribution in [2.75, 3.05) is 13.1 Å². The lowest BCUT2D eigenvalue weighted by Crippen LogP contribution is -2.45. The molecular formula is C12H17N3O. The monoisotopic (exact) mass is 219 g/mol. The molecule has 86 valence electrons. The Morgan fingerprint density at radius 3 is 3.19 bits per heavy atom. The highest BCUT2D eigenvalue weighted by Crippen LogP contribution is 2.06. The first kappa shape index (κ1) is 11.1. The zero-order chi connectivity index (χ0) is 11.4. The van der Waals surface area contributed by atoms with E-state index < -0.39 is 0 Å². The topological polar surface area (TPSA) is 54.0 Å². The third-order valence-electron chi connectivity index (χ3n) is 2.88. The summed E-state index contributed by atoms with van der Waals surface area (Å²) in [7, 11) is 0. The number of piperidine rings is 1. The molecule has 0 unspecified atom stereocenters. The van der Waals surface area contributed by atoms with Crippen molar-refractivity contribution in [1.29, 1.82) is 0 Å². The molecule has 2 N–H and O–H groups in total. The van der Waals surface area contributed by atoms with Crippen LogP contribution in [0.2, 0.25) is 0 Å². The van der Waals surface area contributed by atoms with Crippen LogP contribution in [-0.2, 0) is 0 Å². The van der Waals surface area contributed by atoms with E-state index in [1.165, 1.54) is 0 Å². The standard InChI is InChI=1S/C12H17N3O/c1-9-11(5-3-7-14-9)12(16)15-10-4-2-6-13-8-10/h3,5,7,10,13H,2,4,6,8H2,1H3,(H,15,16)/t10-/m0/s1. The summed E-state index contributed by atoms with van der Waals surface area (Å²) in [5.74, 6) is -0.0145. The Balaban J connectivity index is 2.00. The van der Waals surface area contributed by atoms with Gasteiger partial charge in [-0.1, -0.05) is 0 Å². The van der Waals surface area contributed by atoms with Crippen LogP contribution in [0.25, 0.3) is 0 Å². The molecule has 2 rings (SSSR count). The number of nitrogens with zero attached hydrogens (tertiary/aromatic N) is 1. The van der Waals surface area contributed by atoms with Crippen LogP contribution in [0.1, 0.15) is 28.9 Å². The highest BCUT2D eigenvalue weighted by atomic mass is 16.1. The van der Waals surface area contributed by atoms with Crippen molar-refractivity contribution in [3.63, 3.8) is 0 Å². The van der Waals surface area contributed by atoms with Crippen LogP contribution in [0.15, 0.2) is 18.3 Å². The van der Waals surface area contributed by atoms with Gasteiger partial charge in [-0.05, 0) is 38.4 Å². The van der Waals surface area contributed by atoms with Crippen molar-refractivity contribution in [3.8, 4) is 0 Å². The third-order valence-corrected chi connectivity index (χ3v) is 2.88. The molecule has 16 heavy (non-hydrogen) atoms. The van der Waals surface area contributed by atoms with Gasteiger partial charge in [0.1, 0.15) is 0 Å². The minimum atomic E-state index is -0.0145. The van der Waals surface area contributed by atoms with Crippen LogP contribution < -0.4 is 10.6 Å². The van der Waals surface area contributed by atoms with E-state index in [9.17, 15) is 4.79 Å². The minimum Gasteiger partial charge on any atom is -0.348 e. The molecule has 1 aliphatic rings. The molecule has 4 nitrogen and oxygen atoms in total. The molecule has 0 aromatic carbocycles. The third kappa shape index (κ3) is 2.58. The summed E-state index contributed by atoms with van der Waals surface area (Å²) < 4.78 is 0. The van der Waals surface area contributed by atoms with Crippen molar-refractivity contribution in [3.05, 3.63) is 29.6 Å². The van der Waals surface area contributed by atoms with E-state index in [2.05, 4.69) is 15.6 Å². The van der Waals surface area contributed by atoms with E-state index >= 15 is 0 Å². The second kappa shape index (κ2) is 5.07. The fourth-order valence-electron chi connectivity index (χ4n) is 1.96. The molecule has 0 saturated carbocycles. The molecule has 1 aromatic rings. The Hall–Kier alpha value is -1.42. The number of hydrogen-bond acceptors (Lipinski definition) is 3. The van der Waals surface area contributed by atoms with Crippen molar-refractivity contribution in [2.24, 2.45) is 0 Å². The van der Waals surface area contributed by atoms with Crippen molar-refractivity contribution in [1.82, 2.24) is 15.6 Å². The number of carbonyl (C=O) groups excluding carboxylic acids is 1. The van der Waals surface area contributed by atoms with Gasteiger partial charge in [-0.15, -0.1) is 0 Å². The molecule has 0 spiro atoms. The zero-order valence-corrected chi connectivity index (χ0v) is 9.49. The number of pyridine rings is 1. The zero-order valence-electron chi connectivity index (χ0n) is 9.49. The van der Waals surface area contributed by atoms with Crippen LogP contribution in [-0.4, -0.2) is 30.0 Å². The van der Waals surface area contributed by atoms with Gasteiger partial charge in [0.2, 0.25) is 0 Å². The van der Waals surface area contributed by atoms with E-state index in [0.717, 1.165) is 31.6 Å². The maximum atomic E-state index is 12.0. The molecular weight excluding hydrogens is 202 g/mol. The molecule has 1 saturated heterocycles. The van der Waals surface area contributed by atoms with E-state index in [1.807, 2.05) is 13.0 Å².